The van der Waals surface area contributed by atoms with Crippen molar-refractivity contribution in [2.24, 2.45) is 0 Å². The van der Waals surface area contributed by atoms with Gasteiger partial charge in [0.15, 0.2) is 11.5 Å². The summed E-state index contributed by atoms with van der Waals surface area (Å²) in [6, 6.07) is 18.6. The van der Waals surface area contributed by atoms with Gasteiger partial charge in [-0.25, -0.2) is 4.79 Å². The molecule has 0 aliphatic carbocycles. The van der Waals surface area contributed by atoms with Gasteiger partial charge in [0.05, 0.1) is 29.1 Å². The summed E-state index contributed by atoms with van der Waals surface area (Å²) in [6.45, 7) is 2.00. The standard InChI is InChI=1S/C21H17N5O3/c1-2-29-21(28)15-8-4-6-10-17(15)23-19-12-11-18(25-26-19)20(27)24-16-9-5-3-7-14(16)13-22/h3-12H,2H2,1H3,(H,23,26)(H,24,27). The Hall–Kier alpha value is -4.25. The Bertz CT molecular complexity index is 1070. The molecule has 29 heavy (non-hydrogen) atoms. The summed E-state index contributed by atoms with van der Waals surface area (Å²) in [6.07, 6.45) is 0. The number of anilines is 3. The molecule has 0 fully saturated rings. The molecule has 1 amide bonds. The number of nitrogens with one attached hydrogen (secondary N) is 2. The number of hydrogen-bond donors (Lipinski definition) is 2. The van der Waals surface area contributed by atoms with Crippen LogP contribution < -0.4 is 10.6 Å². The van der Waals surface area contributed by atoms with Gasteiger partial charge in [-0.2, -0.15) is 5.26 Å². The number of carbonyl (C=O) groups excluding carboxylic acids is 2. The lowest BCUT2D eigenvalue weighted by molar-refractivity contribution is 0.0527. The summed E-state index contributed by atoms with van der Waals surface area (Å²) in [5.41, 5.74) is 1.71. The largest absolute Gasteiger partial charge is 0.462 e. The second-order valence-corrected chi connectivity index (χ2v) is 5.81. The normalized spacial score (nSPS) is 9.93. The van der Waals surface area contributed by atoms with Gasteiger partial charge in [-0.1, -0.05) is 24.3 Å². The molecule has 0 unspecified atom stereocenters. The molecule has 8 heteroatoms. The Morgan fingerprint density at radius 1 is 1.00 bits per heavy atom. The molecule has 3 rings (SSSR count). The highest BCUT2D eigenvalue weighted by Crippen LogP contribution is 2.20. The first-order valence-electron chi connectivity index (χ1n) is 8.79. The maximum Gasteiger partial charge on any atom is 0.340 e. The lowest BCUT2D eigenvalue weighted by Crippen LogP contribution is -2.15. The Kier molecular flexibility index (Phi) is 6.12. The van der Waals surface area contributed by atoms with Gasteiger partial charge < -0.3 is 15.4 Å². The van der Waals surface area contributed by atoms with Crippen molar-refractivity contribution in [3.63, 3.8) is 0 Å². The number of nitriles is 1. The molecule has 2 N–H and O–H groups in total. The van der Waals surface area contributed by atoms with Gasteiger partial charge in [-0.05, 0) is 43.3 Å². The first kappa shape index (κ1) is 19.5. The first-order chi connectivity index (χ1) is 14.1. The SMILES string of the molecule is CCOC(=O)c1ccccc1Nc1ccc(C(=O)Nc2ccccc2C#N)nn1. The number of hydrogen-bond acceptors (Lipinski definition) is 7. The van der Waals surface area contributed by atoms with E-state index >= 15 is 0 Å². The number of amides is 1. The minimum Gasteiger partial charge on any atom is -0.462 e. The smallest absolute Gasteiger partial charge is 0.340 e. The number of aromatic nitrogens is 2. The second-order valence-electron chi connectivity index (χ2n) is 5.81. The van der Waals surface area contributed by atoms with E-state index < -0.39 is 11.9 Å². The lowest BCUT2D eigenvalue weighted by atomic mass is 10.2. The zero-order valence-electron chi connectivity index (χ0n) is 15.5. The van der Waals surface area contributed by atoms with E-state index in [2.05, 4.69) is 20.8 Å². The maximum absolute atomic E-state index is 12.4. The molecule has 2 aromatic carbocycles. The summed E-state index contributed by atoms with van der Waals surface area (Å²) in [5, 5.41) is 22.6. The van der Waals surface area contributed by atoms with Crippen molar-refractivity contribution in [2.45, 2.75) is 6.92 Å². The van der Waals surface area contributed by atoms with Crippen LogP contribution in [0.5, 0.6) is 0 Å². The van der Waals surface area contributed by atoms with Gasteiger partial charge in [0.2, 0.25) is 0 Å². The van der Waals surface area contributed by atoms with E-state index in [1.54, 1.807) is 61.5 Å². The fourth-order valence-electron chi connectivity index (χ4n) is 2.51. The van der Waals surface area contributed by atoms with Crippen molar-refractivity contribution in [1.29, 1.82) is 5.26 Å². The highest BCUT2D eigenvalue weighted by atomic mass is 16.5. The highest BCUT2D eigenvalue weighted by molar-refractivity contribution is 6.03. The van der Waals surface area contributed by atoms with Gasteiger partial charge in [0.25, 0.3) is 5.91 Å². The van der Waals surface area contributed by atoms with E-state index in [1.165, 1.54) is 6.07 Å². The van der Waals surface area contributed by atoms with Crippen molar-refractivity contribution in [1.82, 2.24) is 10.2 Å². The molecule has 0 bridgehead atoms. The third-order valence-corrected chi connectivity index (χ3v) is 3.88. The molecular formula is C21H17N5O3. The third kappa shape index (κ3) is 4.73. The quantitative estimate of drug-likeness (QED) is 0.621. The van der Waals surface area contributed by atoms with Crippen LogP contribution in [0.3, 0.4) is 0 Å². The Balaban J connectivity index is 1.74. The molecular weight excluding hydrogens is 370 g/mol. The molecule has 3 aromatic rings. The molecule has 8 nitrogen and oxygen atoms in total. The van der Waals surface area contributed by atoms with E-state index in [9.17, 15) is 9.59 Å². The highest BCUT2D eigenvalue weighted by Gasteiger charge is 2.14. The van der Waals surface area contributed by atoms with E-state index in [0.717, 1.165) is 0 Å². The van der Waals surface area contributed by atoms with Gasteiger partial charge in [-0.3, -0.25) is 4.79 Å². The van der Waals surface area contributed by atoms with Crippen LogP contribution in [0.2, 0.25) is 0 Å². The van der Waals surface area contributed by atoms with Crippen molar-refractivity contribution < 1.29 is 14.3 Å². The van der Waals surface area contributed by atoms with Crippen molar-refractivity contribution in [2.75, 3.05) is 17.2 Å². The predicted molar refractivity (Wildman–Crippen MR) is 107 cm³/mol. The fraction of sp³-hybridized carbons (Fsp3) is 0.0952. The van der Waals surface area contributed by atoms with Crippen LogP contribution in [0, 0.1) is 11.3 Å². The average Bonchev–Trinajstić information content (AvgIpc) is 2.75. The summed E-state index contributed by atoms with van der Waals surface area (Å²) in [7, 11) is 0. The zero-order chi connectivity index (χ0) is 20.6. The number of para-hydroxylation sites is 2. The number of carbonyl (C=O) groups is 2. The topological polar surface area (TPSA) is 117 Å². The van der Waals surface area contributed by atoms with E-state index in [4.69, 9.17) is 10.00 Å². The average molecular weight is 387 g/mol. The molecule has 0 saturated heterocycles. The zero-order valence-corrected chi connectivity index (χ0v) is 15.5. The molecule has 1 heterocycles. The Morgan fingerprint density at radius 3 is 2.41 bits per heavy atom. The maximum atomic E-state index is 12.4. The predicted octanol–water partition coefficient (Wildman–Crippen LogP) is 3.52. The van der Waals surface area contributed by atoms with Gasteiger partial charge in [-0.15, -0.1) is 10.2 Å². The number of ether oxygens (including phenoxy) is 1. The second kappa shape index (κ2) is 9.10. The van der Waals surface area contributed by atoms with Crippen LogP contribution >= 0.6 is 0 Å². The van der Waals surface area contributed by atoms with E-state index in [1.807, 2.05) is 6.07 Å². The summed E-state index contributed by atoms with van der Waals surface area (Å²) < 4.78 is 5.04. The molecule has 144 valence electrons. The molecule has 0 saturated carbocycles. The van der Waals surface area contributed by atoms with E-state index in [-0.39, 0.29) is 12.3 Å². The molecule has 0 atom stereocenters. The molecule has 0 aliphatic rings. The van der Waals surface area contributed by atoms with Gasteiger partial charge >= 0.3 is 5.97 Å². The molecule has 0 radical (unpaired) electrons. The minimum absolute atomic E-state index is 0.0852. The number of nitrogens with zero attached hydrogens (tertiary/aromatic N) is 3. The summed E-state index contributed by atoms with van der Waals surface area (Å²) >= 11 is 0. The van der Waals surface area contributed by atoms with Gasteiger partial charge in [0, 0.05) is 0 Å². The van der Waals surface area contributed by atoms with E-state index in [0.29, 0.717) is 28.3 Å². The number of esters is 1. The monoisotopic (exact) mass is 387 g/mol. The van der Waals surface area contributed by atoms with Crippen LogP contribution in [-0.4, -0.2) is 28.7 Å². The number of benzene rings is 2. The molecule has 1 aromatic heterocycles. The molecule has 0 aliphatic heterocycles. The van der Waals surface area contributed by atoms with Gasteiger partial charge in [0.1, 0.15) is 6.07 Å². The van der Waals surface area contributed by atoms with Crippen LogP contribution in [0.1, 0.15) is 33.3 Å². The van der Waals surface area contributed by atoms with Crippen molar-refractivity contribution in [3.05, 3.63) is 77.5 Å². The third-order valence-electron chi connectivity index (χ3n) is 3.88. The lowest BCUT2D eigenvalue weighted by Gasteiger charge is -2.10. The van der Waals surface area contributed by atoms with Crippen LogP contribution in [0.4, 0.5) is 17.2 Å². The number of rotatable bonds is 6. The van der Waals surface area contributed by atoms with Crippen LogP contribution in [0.15, 0.2) is 60.7 Å². The summed E-state index contributed by atoms with van der Waals surface area (Å²) in [4.78, 5) is 24.4. The van der Waals surface area contributed by atoms with Crippen LogP contribution in [-0.2, 0) is 4.74 Å². The fourth-order valence-corrected chi connectivity index (χ4v) is 2.51. The minimum atomic E-state index is -0.487. The summed E-state index contributed by atoms with van der Waals surface area (Å²) in [5.74, 6) is -0.579. The van der Waals surface area contributed by atoms with Crippen molar-refractivity contribution in [3.8, 4) is 6.07 Å². The Morgan fingerprint density at radius 2 is 1.72 bits per heavy atom. The van der Waals surface area contributed by atoms with Crippen molar-refractivity contribution >= 4 is 29.1 Å². The van der Waals surface area contributed by atoms with Crippen LogP contribution in [0.25, 0.3) is 0 Å². The first-order valence-corrected chi connectivity index (χ1v) is 8.79. The molecule has 0 spiro atoms. The Labute approximate surface area is 167 Å².